The van der Waals surface area contributed by atoms with Gasteiger partial charge in [-0.15, -0.1) is 0 Å². The van der Waals surface area contributed by atoms with Crippen molar-refractivity contribution in [3.8, 4) is 11.3 Å². The molecule has 0 amide bonds. The van der Waals surface area contributed by atoms with Crippen LogP contribution in [0.4, 0.5) is 0 Å². The monoisotopic (exact) mass is 347 g/mol. The topological polar surface area (TPSA) is 37.6 Å². The van der Waals surface area contributed by atoms with E-state index in [1.165, 1.54) is 16.0 Å². The van der Waals surface area contributed by atoms with Crippen molar-refractivity contribution in [2.24, 2.45) is 0 Å². The van der Waals surface area contributed by atoms with Crippen LogP contribution in [-0.2, 0) is 13.0 Å². The molecule has 124 valence electrons. The molecule has 3 heterocycles. The average Bonchev–Trinajstić information content (AvgIpc) is 3.16. The lowest BCUT2D eigenvalue weighted by Gasteiger charge is -2.21. The van der Waals surface area contributed by atoms with Crippen LogP contribution in [0.1, 0.15) is 21.1 Å². The van der Waals surface area contributed by atoms with E-state index in [0.29, 0.717) is 5.69 Å². The van der Waals surface area contributed by atoms with Crippen molar-refractivity contribution in [2.45, 2.75) is 13.0 Å². The fraction of sp³-hybridized carbons (Fsp3) is 0.200. The van der Waals surface area contributed by atoms with Gasteiger partial charge in [-0.05, 0) is 23.9 Å². The summed E-state index contributed by atoms with van der Waals surface area (Å²) in [5.41, 5.74) is 3.71. The third-order valence-electron chi connectivity index (χ3n) is 4.97. The van der Waals surface area contributed by atoms with Crippen LogP contribution in [0.2, 0.25) is 0 Å². The third-order valence-corrected chi connectivity index (χ3v) is 6.03. The van der Waals surface area contributed by atoms with E-state index in [2.05, 4.69) is 46.7 Å². The minimum absolute atomic E-state index is 0.673. The van der Waals surface area contributed by atoms with Gasteiger partial charge in [0.1, 0.15) is 11.4 Å². The molecule has 5 heteroatoms. The van der Waals surface area contributed by atoms with E-state index < -0.39 is 0 Å². The van der Waals surface area contributed by atoms with Gasteiger partial charge in [-0.2, -0.15) is 0 Å². The summed E-state index contributed by atoms with van der Waals surface area (Å²) in [7, 11) is 2.13. The van der Waals surface area contributed by atoms with E-state index in [1.807, 2.05) is 12.1 Å². The van der Waals surface area contributed by atoms with Crippen LogP contribution in [-0.4, -0.2) is 34.2 Å². The molecule has 2 aromatic carbocycles. The summed E-state index contributed by atoms with van der Waals surface area (Å²) in [6, 6.07) is 14.5. The minimum atomic E-state index is 0.673. The highest BCUT2D eigenvalue weighted by Gasteiger charge is 2.24. The normalized spacial score (nSPS) is 14.9. The van der Waals surface area contributed by atoms with E-state index in [4.69, 9.17) is 4.98 Å². The summed E-state index contributed by atoms with van der Waals surface area (Å²) >= 11 is 1.70. The van der Waals surface area contributed by atoms with E-state index >= 15 is 0 Å². The van der Waals surface area contributed by atoms with Gasteiger partial charge in [-0.3, -0.25) is 9.20 Å². The molecule has 0 fully saturated rings. The Morgan fingerprint density at radius 1 is 1.16 bits per heavy atom. The van der Waals surface area contributed by atoms with E-state index in [0.717, 1.165) is 47.4 Å². The zero-order chi connectivity index (χ0) is 17.0. The molecule has 2 aromatic heterocycles. The van der Waals surface area contributed by atoms with Crippen LogP contribution in [0.3, 0.4) is 0 Å². The molecule has 25 heavy (non-hydrogen) atoms. The SMILES string of the molecule is CN1CCc2c(sc3nc(-c4ccc5ccccc5c4)c(C=O)n23)C1. The lowest BCUT2D eigenvalue weighted by Crippen LogP contribution is -2.26. The van der Waals surface area contributed by atoms with E-state index in [-0.39, 0.29) is 0 Å². The molecular formula is C20H17N3OS. The van der Waals surface area contributed by atoms with Gasteiger partial charge >= 0.3 is 0 Å². The maximum atomic E-state index is 11.9. The Kier molecular flexibility index (Phi) is 3.26. The summed E-state index contributed by atoms with van der Waals surface area (Å²) in [5, 5.41) is 2.36. The van der Waals surface area contributed by atoms with Gasteiger partial charge in [-0.1, -0.05) is 47.7 Å². The number of carbonyl (C=O) groups is 1. The van der Waals surface area contributed by atoms with Crippen LogP contribution in [0, 0.1) is 0 Å². The first-order valence-corrected chi connectivity index (χ1v) is 9.22. The Bertz CT molecular complexity index is 1120. The Labute approximate surface area is 149 Å². The fourth-order valence-electron chi connectivity index (χ4n) is 3.69. The number of aldehydes is 1. The maximum absolute atomic E-state index is 11.9. The number of benzene rings is 2. The fourth-order valence-corrected chi connectivity index (χ4v) is 4.94. The molecular weight excluding hydrogens is 330 g/mol. The second-order valence-electron chi connectivity index (χ2n) is 6.60. The number of rotatable bonds is 2. The number of hydrogen-bond acceptors (Lipinski definition) is 4. The molecule has 4 aromatic rings. The highest BCUT2D eigenvalue weighted by Crippen LogP contribution is 2.34. The standard InChI is InChI=1S/C20H17N3OS/c1-22-9-8-16-18(11-22)25-20-21-19(17(12-24)23(16)20)15-7-6-13-4-2-3-5-14(13)10-15/h2-7,10,12H,8-9,11H2,1H3. The summed E-state index contributed by atoms with van der Waals surface area (Å²) in [6.07, 6.45) is 1.91. The predicted molar refractivity (Wildman–Crippen MR) is 101 cm³/mol. The first-order chi connectivity index (χ1) is 12.2. The van der Waals surface area contributed by atoms with Gasteiger partial charge in [0.25, 0.3) is 0 Å². The van der Waals surface area contributed by atoms with Crippen molar-refractivity contribution in [1.82, 2.24) is 14.3 Å². The van der Waals surface area contributed by atoms with Crippen LogP contribution < -0.4 is 0 Å². The molecule has 0 bridgehead atoms. The molecule has 0 radical (unpaired) electrons. The van der Waals surface area contributed by atoms with Gasteiger partial charge in [0.15, 0.2) is 11.2 Å². The van der Waals surface area contributed by atoms with E-state index in [9.17, 15) is 4.79 Å². The quantitative estimate of drug-likeness (QED) is 0.514. The highest BCUT2D eigenvalue weighted by atomic mass is 32.1. The van der Waals surface area contributed by atoms with E-state index in [1.54, 1.807) is 11.3 Å². The number of carbonyl (C=O) groups excluding carboxylic acids is 1. The molecule has 0 saturated carbocycles. The number of imidazole rings is 1. The molecule has 1 aliphatic heterocycles. The van der Waals surface area contributed by atoms with Crippen molar-refractivity contribution < 1.29 is 4.79 Å². The highest BCUT2D eigenvalue weighted by molar-refractivity contribution is 7.17. The third kappa shape index (κ3) is 2.23. The Balaban J connectivity index is 1.73. The summed E-state index contributed by atoms with van der Waals surface area (Å²) in [6.45, 7) is 1.95. The molecule has 5 rings (SSSR count). The molecule has 0 N–H and O–H groups in total. The number of fused-ring (bicyclic) bond motifs is 4. The van der Waals surface area contributed by atoms with Gasteiger partial charge in [-0.25, -0.2) is 4.98 Å². The first kappa shape index (κ1) is 14.8. The smallest absolute Gasteiger partial charge is 0.195 e. The number of hydrogen-bond donors (Lipinski definition) is 0. The zero-order valence-electron chi connectivity index (χ0n) is 13.9. The molecule has 1 aliphatic rings. The van der Waals surface area contributed by atoms with Gasteiger partial charge in [0.05, 0.1) is 0 Å². The number of likely N-dealkylation sites (N-methyl/N-ethyl adjacent to an activating group) is 1. The van der Waals surface area contributed by atoms with Crippen molar-refractivity contribution >= 4 is 33.4 Å². The van der Waals surface area contributed by atoms with Crippen molar-refractivity contribution in [1.29, 1.82) is 0 Å². The Morgan fingerprint density at radius 3 is 2.84 bits per heavy atom. The van der Waals surface area contributed by atoms with Crippen molar-refractivity contribution in [2.75, 3.05) is 13.6 Å². The Hall–Kier alpha value is -2.50. The minimum Gasteiger partial charge on any atom is -0.301 e. The molecule has 0 spiro atoms. The van der Waals surface area contributed by atoms with Gasteiger partial charge in [0.2, 0.25) is 0 Å². The Morgan fingerprint density at radius 2 is 2.00 bits per heavy atom. The van der Waals surface area contributed by atoms with Gasteiger partial charge < -0.3 is 4.90 Å². The second-order valence-corrected chi connectivity index (χ2v) is 7.67. The summed E-state index contributed by atoms with van der Waals surface area (Å²) < 4.78 is 2.07. The van der Waals surface area contributed by atoms with Crippen LogP contribution in [0.25, 0.3) is 27.0 Å². The molecule has 0 saturated heterocycles. The number of thiazole rings is 1. The number of aromatic nitrogens is 2. The average molecular weight is 347 g/mol. The lowest BCUT2D eigenvalue weighted by molar-refractivity contribution is 0.111. The summed E-state index contributed by atoms with van der Waals surface area (Å²) in [4.78, 5) is 21.3. The van der Waals surface area contributed by atoms with Crippen molar-refractivity contribution in [3.05, 3.63) is 58.7 Å². The van der Waals surface area contributed by atoms with Crippen LogP contribution in [0.15, 0.2) is 42.5 Å². The molecule has 0 atom stereocenters. The van der Waals surface area contributed by atoms with Crippen LogP contribution >= 0.6 is 11.3 Å². The molecule has 0 aliphatic carbocycles. The predicted octanol–water partition coefficient (Wildman–Crippen LogP) is 4.02. The number of nitrogens with zero attached hydrogens (tertiary/aromatic N) is 3. The lowest BCUT2D eigenvalue weighted by atomic mass is 10.0. The van der Waals surface area contributed by atoms with Crippen molar-refractivity contribution in [3.63, 3.8) is 0 Å². The first-order valence-electron chi connectivity index (χ1n) is 8.40. The summed E-state index contributed by atoms with van der Waals surface area (Å²) in [5.74, 6) is 0. The second kappa shape index (κ2) is 5.51. The van der Waals surface area contributed by atoms with Gasteiger partial charge in [0, 0.05) is 35.6 Å². The maximum Gasteiger partial charge on any atom is 0.195 e. The zero-order valence-corrected chi connectivity index (χ0v) is 14.7. The molecule has 0 unspecified atom stereocenters. The molecule has 4 nitrogen and oxygen atoms in total. The largest absolute Gasteiger partial charge is 0.301 e. The van der Waals surface area contributed by atoms with Crippen LogP contribution in [0.5, 0.6) is 0 Å².